The Balaban J connectivity index is 2.44. The van der Waals surface area contributed by atoms with Crippen molar-refractivity contribution < 1.29 is 4.79 Å². The highest BCUT2D eigenvalue weighted by Crippen LogP contribution is 2.31. The molecular weight excluding hydrogens is 252 g/mol. The van der Waals surface area contributed by atoms with Gasteiger partial charge in [0.05, 0.1) is 10.8 Å². The van der Waals surface area contributed by atoms with E-state index in [0.717, 1.165) is 9.75 Å². The van der Waals surface area contributed by atoms with Crippen LogP contribution >= 0.6 is 22.9 Å². The number of carbonyl (C=O) groups excluding carboxylic acids is 1. The third kappa shape index (κ3) is 2.43. The number of ketones is 1. The van der Waals surface area contributed by atoms with Crippen LogP contribution in [0.4, 0.5) is 0 Å². The Hall–Kier alpha value is -1.12. The maximum absolute atomic E-state index is 11.5. The maximum atomic E-state index is 11.5. The second-order valence-electron chi connectivity index (χ2n) is 3.97. The lowest BCUT2D eigenvalue weighted by Crippen LogP contribution is -1.95. The summed E-state index contributed by atoms with van der Waals surface area (Å²) in [6.45, 7) is 4.20. The van der Waals surface area contributed by atoms with Gasteiger partial charge in [0.15, 0.2) is 5.78 Å². The summed E-state index contributed by atoms with van der Waals surface area (Å²) < 4.78 is 0. The number of alkyl halides is 1. The number of rotatable bonds is 3. The van der Waals surface area contributed by atoms with Crippen molar-refractivity contribution in [2.24, 2.45) is 0 Å². The van der Waals surface area contributed by atoms with Gasteiger partial charge in [-0.25, -0.2) is 0 Å². The molecule has 0 fully saturated rings. The molecule has 3 heteroatoms. The molecule has 0 radical (unpaired) electrons. The number of aryl methyl sites for hydroxylation is 1. The molecular formula is C14H13ClOS. The number of halogens is 1. The number of carbonyl (C=O) groups is 1. The predicted octanol–water partition coefficient (Wildman–Crippen LogP) is 4.45. The van der Waals surface area contributed by atoms with Gasteiger partial charge in [0, 0.05) is 4.88 Å². The van der Waals surface area contributed by atoms with Crippen molar-refractivity contribution in [3.8, 4) is 10.4 Å². The molecule has 2 rings (SSSR count). The van der Waals surface area contributed by atoms with Gasteiger partial charge in [-0.3, -0.25) is 4.79 Å². The van der Waals surface area contributed by atoms with E-state index < -0.39 is 0 Å². The molecule has 0 aliphatic heterocycles. The fraction of sp³-hybridized carbons (Fsp3) is 0.214. The molecule has 0 saturated heterocycles. The summed E-state index contributed by atoms with van der Waals surface area (Å²) in [6.07, 6.45) is 0. The number of thiophene rings is 1. The van der Waals surface area contributed by atoms with Gasteiger partial charge in [0.25, 0.3) is 0 Å². The van der Waals surface area contributed by atoms with Crippen LogP contribution in [0.15, 0.2) is 30.3 Å². The standard InChI is InChI=1S/C14H13ClOS/c1-9-4-3-5-11(10(9)2)13-6-7-14(17-13)12(16)8-15/h3-7H,8H2,1-2H3. The molecule has 17 heavy (non-hydrogen) atoms. The molecule has 0 unspecified atom stereocenters. The molecule has 0 saturated carbocycles. The fourth-order valence-corrected chi connectivity index (χ4v) is 2.97. The molecule has 1 heterocycles. The summed E-state index contributed by atoms with van der Waals surface area (Å²) in [7, 11) is 0. The van der Waals surface area contributed by atoms with Crippen molar-refractivity contribution in [1.29, 1.82) is 0 Å². The summed E-state index contributed by atoms with van der Waals surface area (Å²) in [5.74, 6) is 0.0421. The van der Waals surface area contributed by atoms with Crippen LogP contribution in [0, 0.1) is 13.8 Å². The second kappa shape index (κ2) is 5.03. The van der Waals surface area contributed by atoms with Crippen molar-refractivity contribution in [2.75, 3.05) is 5.88 Å². The van der Waals surface area contributed by atoms with Crippen LogP contribution in [0.25, 0.3) is 10.4 Å². The Labute approximate surface area is 110 Å². The Morgan fingerprint density at radius 1 is 1.24 bits per heavy atom. The highest BCUT2D eigenvalue weighted by Gasteiger charge is 2.10. The lowest BCUT2D eigenvalue weighted by molar-refractivity contribution is 0.102. The van der Waals surface area contributed by atoms with Crippen LogP contribution in [0.5, 0.6) is 0 Å². The lowest BCUT2D eigenvalue weighted by Gasteiger charge is -2.05. The average Bonchev–Trinajstić information content (AvgIpc) is 2.81. The monoisotopic (exact) mass is 264 g/mol. The number of Topliss-reactive ketones (excluding diaryl/α,β-unsaturated/α-hetero) is 1. The van der Waals surface area contributed by atoms with Crippen LogP contribution in [0.1, 0.15) is 20.8 Å². The summed E-state index contributed by atoms with van der Waals surface area (Å²) in [6, 6.07) is 10.1. The van der Waals surface area contributed by atoms with Gasteiger partial charge in [-0.1, -0.05) is 18.2 Å². The molecule has 0 aliphatic carbocycles. The molecule has 2 aromatic rings. The minimum absolute atomic E-state index is 0.00628. The minimum Gasteiger partial charge on any atom is -0.292 e. The van der Waals surface area contributed by atoms with E-state index in [9.17, 15) is 4.79 Å². The van der Waals surface area contributed by atoms with Crippen LogP contribution < -0.4 is 0 Å². The lowest BCUT2D eigenvalue weighted by atomic mass is 10.0. The van der Waals surface area contributed by atoms with E-state index >= 15 is 0 Å². The summed E-state index contributed by atoms with van der Waals surface area (Å²) >= 11 is 7.06. The second-order valence-corrected chi connectivity index (χ2v) is 5.32. The van der Waals surface area contributed by atoms with Gasteiger partial charge >= 0.3 is 0 Å². The van der Waals surface area contributed by atoms with E-state index in [2.05, 4.69) is 26.0 Å². The quantitative estimate of drug-likeness (QED) is 0.591. The minimum atomic E-state index is -0.00628. The third-order valence-electron chi connectivity index (χ3n) is 2.87. The van der Waals surface area contributed by atoms with Crippen LogP contribution in [-0.4, -0.2) is 11.7 Å². The predicted molar refractivity (Wildman–Crippen MR) is 74.3 cm³/mol. The Kier molecular flexibility index (Phi) is 3.65. The normalized spacial score (nSPS) is 10.5. The van der Waals surface area contributed by atoms with Crippen molar-refractivity contribution in [3.63, 3.8) is 0 Å². The zero-order valence-corrected chi connectivity index (χ0v) is 11.4. The van der Waals surface area contributed by atoms with E-state index in [4.69, 9.17) is 11.6 Å². The van der Waals surface area contributed by atoms with E-state index in [1.165, 1.54) is 28.0 Å². The molecule has 1 aromatic carbocycles. The van der Waals surface area contributed by atoms with Crippen molar-refractivity contribution in [1.82, 2.24) is 0 Å². The first-order chi connectivity index (χ1) is 8.13. The smallest absolute Gasteiger partial charge is 0.187 e. The van der Waals surface area contributed by atoms with E-state index in [1.54, 1.807) is 0 Å². The maximum Gasteiger partial charge on any atom is 0.187 e. The Bertz CT molecular complexity index is 557. The van der Waals surface area contributed by atoms with Crippen LogP contribution in [0.2, 0.25) is 0 Å². The van der Waals surface area contributed by atoms with Crippen molar-refractivity contribution in [3.05, 3.63) is 46.3 Å². The zero-order chi connectivity index (χ0) is 12.4. The van der Waals surface area contributed by atoms with E-state index in [-0.39, 0.29) is 11.7 Å². The zero-order valence-electron chi connectivity index (χ0n) is 9.79. The number of hydrogen-bond donors (Lipinski definition) is 0. The first kappa shape index (κ1) is 12.3. The Morgan fingerprint density at radius 3 is 2.71 bits per heavy atom. The molecule has 0 bridgehead atoms. The average molecular weight is 265 g/mol. The third-order valence-corrected chi connectivity index (χ3v) is 4.27. The summed E-state index contributed by atoms with van der Waals surface area (Å²) in [5, 5.41) is 0. The molecule has 0 N–H and O–H groups in total. The molecule has 1 nitrogen and oxygen atoms in total. The topological polar surface area (TPSA) is 17.1 Å². The SMILES string of the molecule is Cc1cccc(-c2ccc(C(=O)CCl)s2)c1C. The Morgan fingerprint density at radius 2 is 2.00 bits per heavy atom. The van der Waals surface area contributed by atoms with Gasteiger partial charge in [-0.15, -0.1) is 22.9 Å². The van der Waals surface area contributed by atoms with Gasteiger partial charge in [-0.2, -0.15) is 0 Å². The molecule has 0 aliphatic rings. The fourth-order valence-electron chi connectivity index (χ4n) is 1.72. The number of benzene rings is 1. The van der Waals surface area contributed by atoms with Crippen LogP contribution in [0.3, 0.4) is 0 Å². The summed E-state index contributed by atoms with van der Waals surface area (Å²) in [5.41, 5.74) is 3.73. The highest BCUT2D eigenvalue weighted by atomic mass is 35.5. The molecule has 1 aromatic heterocycles. The van der Waals surface area contributed by atoms with Gasteiger partial charge in [0.2, 0.25) is 0 Å². The molecule has 88 valence electrons. The van der Waals surface area contributed by atoms with E-state index in [0.29, 0.717) is 0 Å². The summed E-state index contributed by atoms with van der Waals surface area (Å²) in [4.78, 5) is 13.3. The largest absolute Gasteiger partial charge is 0.292 e. The van der Waals surface area contributed by atoms with E-state index in [1.807, 2.05) is 18.2 Å². The molecule has 0 atom stereocenters. The van der Waals surface area contributed by atoms with Crippen LogP contribution in [-0.2, 0) is 0 Å². The molecule has 0 amide bonds. The van der Waals surface area contributed by atoms with Crippen molar-refractivity contribution in [2.45, 2.75) is 13.8 Å². The highest BCUT2D eigenvalue weighted by molar-refractivity contribution is 7.17. The molecule has 0 spiro atoms. The first-order valence-electron chi connectivity index (χ1n) is 5.39. The van der Waals surface area contributed by atoms with Gasteiger partial charge in [-0.05, 0) is 42.7 Å². The first-order valence-corrected chi connectivity index (χ1v) is 6.74. The number of hydrogen-bond acceptors (Lipinski definition) is 2. The van der Waals surface area contributed by atoms with Gasteiger partial charge in [0.1, 0.15) is 0 Å². The van der Waals surface area contributed by atoms with Gasteiger partial charge < -0.3 is 0 Å². The van der Waals surface area contributed by atoms with Crippen molar-refractivity contribution >= 4 is 28.7 Å².